The van der Waals surface area contributed by atoms with Crippen molar-refractivity contribution in [2.75, 3.05) is 11.9 Å². The predicted octanol–water partition coefficient (Wildman–Crippen LogP) is 4.55. The van der Waals surface area contributed by atoms with Crippen molar-refractivity contribution in [3.63, 3.8) is 0 Å². The average Bonchev–Trinajstić information content (AvgIpc) is 2.85. The summed E-state index contributed by atoms with van der Waals surface area (Å²) in [5, 5.41) is 8.99. The molecular formula is C28H32F2N4O2. The molecule has 1 aromatic heterocycles. The molecule has 0 aliphatic heterocycles. The third-order valence-corrected chi connectivity index (χ3v) is 5.69. The molecule has 3 rings (SSSR count). The maximum Gasteiger partial charge on any atom is 0.224 e. The van der Waals surface area contributed by atoms with Crippen molar-refractivity contribution in [3.05, 3.63) is 95.3 Å². The van der Waals surface area contributed by atoms with E-state index in [9.17, 15) is 18.4 Å². The first-order valence-electron chi connectivity index (χ1n) is 12.1. The van der Waals surface area contributed by atoms with Crippen LogP contribution in [0.4, 0.5) is 14.5 Å². The summed E-state index contributed by atoms with van der Waals surface area (Å²) >= 11 is 0. The highest BCUT2D eigenvalue weighted by atomic mass is 19.1. The van der Waals surface area contributed by atoms with Gasteiger partial charge in [-0.3, -0.25) is 14.6 Å². The van der Waals surface area contributed by atoms with Crippen molar-refractivity contribution in [1.82, 2.24) is 15.6 Å². The van der Waals surface area contributed by atoms with E-state index in [4.69, 9.17) is 0 Å². The van der Waals surface area contributed by atoms with Crippen LogP contribution in [0.1, 0.15) is 42.9 Å². The number of benzene rings is 2. The lowest BCUT2D eigenvalue weighted by atomic mass is 10.0. The third-order valence-electron chi connectivity index (χ3n) is 5.69. The van der Waals surface area contributed by atoms with Gasteiger partial charge >= 0.3 is 0 Å². The van der Waals surface area contributed by atoms with E-state index in [-0.39, 0.29) is 37.1 Å². The van der Waals surface area contributed by atoms with Gasteiger partial charge in [-0.2, -0.15) is 0 Å². The number of aryl methyl sites for hydroxylation is 1. The van der Waals surface area contributed by atoms with Crippen LogP contribution in [0.15, 0.2) is 67.0 Å². The number of carbonyl (C=O) groups excluding carboxylic acids is 2. The van der Waals surface area contributed by atoms with Gasteiger partial charge in [-0.05, 0) is 66.8 Å². The number of halogens is 2. The Kier molecular flexibility index (Phi) is 10.5. The molecule has 190 valence electrons. The van der Waals surface area contributed by atoms with E-state index in [0.29, 0.717) is 30.8 Å². The Balaban J connectivity index is 1.53. The summed E-state index contributed by atoms with van der Waals surface area (Å²) in [5.74, 6) is -1.90. The fraction of sp³-hybridized carbons (Fsp3) is 0.321. The molecule has 8 heteroatoms. The summed E-state index contributed by atoms with van der Waals surface area (Å²) in [4.78, 5) is 28.7. The first kappa shape index (κ1) is 26.9. The minimum Gasteiger partial charge on any atom is -0.353 e. The molecule has 6 nitrogen and oxygen atoms in total. The summed E-state index contributed by atoms with van der Waals surface area (Å²) in [7, 11) is 0. The van der Waals surface area contributed by atoms with Crippen molar-refractivity contribution < 1.29 is 18.4 Å². The van der Waals surface area contributed by atoms with E-state index in [2.05, 4.69) is 46.1 Å². The number of nitrogens with one attached hydrogen (secondary N) is 3. The second-order valence-corrected chi connectivity index (χ2v) is 8.68. The number of aromatic nitrogens is 1. The fourth-order valence-corrected chi connectivity index (χ4v) is 3.89. The highest BCUT2D eigenvalue weighted by molar-refractivity contribution is 5.93. The quantitative estimate of drug-likeness (QED) is 0.305. The topological polar surface area (TPSA) is 83.1 Å². The van der Waals surface area contributed by atoms with Crippen molar-refractivity contribution in [3.8, 4) is 0 Å². The summed E-state index contributed by atoms with van der Waals surface area (Å²) in [6.07, 6.45) is 4.93. The lowest BCUT2D eigenvalue weighted by Gasteiger charge is -2.20. The molecule has 0 aliphatic rings. The van der Waals surface area contributed by atoms with Crippen LogP contribution >= 0.6 is 0 Å². The first-order valence-corrected chi connectivity index (χ1v) is 12.1. The van der Waals surface area contributed by atoms with Crippen LogP contribution in [0.5, 0.6) is 0 Å². The minimum absolute atomic E-state index is 0.00263. The van der Waals surface area contributed by atoms with E-state index < -0.39 is 11.6 Å². The monoisotopic (exact) mass is 494 g/mol. The van der Waals surface area contributed by atoms with Gasteiger partial charge in [-0.1, -0.05) is 31.2 Å². The maximum atomic E-state index is 13.7. The lowest BCUT2D eigenvalue weighted by molar-refractivity contribution is -0.124. The number of amides is 2. The summed E-state index contributed by atoms with van der Waals surface area (Å²) in [6.45, 7) is 3.38. The summed E-state index contributed by atoms with van der Waals surface area (Å²) in [5.41, 5.74) is 3.45. The molecule has 0 aliphatic carbocycles. The van der Waals surface area contributed by atoms with Gasteiger partial charge in [0, 0.05) is 37.7 Å². The molecule has 0 bridgehead atoms. The van der Waals surface area contributed by atoms with Crippen molar-refractivity contribution in [2.45, 2.75) is 51.6 Å². The van der Waals surface area contributed by atoms with E-state index in [0.717, 1.165) is 12.5 Å². The molecular weight excluding hydrogens is 462 g/mol. The van der Waals surface area contributed by atoms with E-state index in [1.807, 2.05) is 6.07 Å². The number of hydrogen-bond acceptors (Lipinski definition) is 4. The Bertz CT molecular complexity index is 1120. The van der Waals surface area contributed by atoms with Crippen LogP contribution in [0, 0.1) is 11.6 Å². The van der Waals surface area contributed by atoms with Crippen molar-refractivity contribution in [1.29, 1.82) is 0 Å². The Morgan fingerprint density at radius 2 is 1.67 bits per heavy atom. The van der Waals surface area contributed by atoms with Crippen LogP contribution in [0.2, 0.25) is 0 Å². The third kappa shape index (κ3) is 9.54. The SMILES string of the molecule is CCc1cccc(CNCC[C@H](Cc2cc(F)cc(F)c2)NC(=O)CCC(=O)Nc2cccnc2)c1. The van der Waals surface area contributed by atoms with Gasteiger partial charge in [0.2, 0.25) is 11.8 Å². The van der Waals surface area contributed by atoms with Gasteiger partial charge in [-0.15, -0.1) is 0 Å². The molecule has 0 fully saturated rings. The van der Waals surface area contributed by atoms with E-state index >= 15 is 0 Å². The zero-order chi connectivity index (χ0) is 25.8. The predicted molar refractivity (Wildman–Crippen MR) is 136 cm³/mol. The fourth-order valence-electron chi connectivity index (χ4n) is 3.89. The van der Waals surface area contributed by atoms with Gasteiger partial charge in [0.05, 0.1) is 11.9 Å². The number of anilines is 1. The Morgan fingerprint density at radius 1 is 0.917 bits per heavy atom. The molecule has 0 saturated carbocycles. The van der Waals surface area contributed by atoms with Gasteiger partial charge < -0.3 is 16.0 Å². The molecule has 3 N–H and O–H groups in total. The van der Waals surface area contributed by atoms with E-state index in [1.165, 1.54) is 29.5 Å². The molecule has 1 heterocycles. The smallest absolute Gasteiger partial charge is 0.224 e. The molecule has 3 aromatic rings. The molecule has 36 heavy (non-hydrogen) atoms. The zero-order valence-electron chi connectivity index (χ0n) is 20.4. The molecule has 2 amide bonds. The van der Waals surface area contributed by atoms with Crippen LogP contribution < -0.4 is 16.0 Å². The largest absolute Gasteiger partial charge is 0.353 e. The van der Waals surface area contributed by atoms with Crippen molar-refractivity contribution in [2.24, 2.45) is 0 Å². The Labute approximate surface area is 210 Å². The second kappa shape index (κ2) is 14.0. The van der Waals surface area contributed by atoms with Gasteiger partial charge in [0.25, 0.3) is 0 Å². The summed E-state index contributed by atoms with van der Waals surface area (Å²) in [6, 6.07) is 14.8. The van der Waals surface area contributed by atoms with Gasteiger partial charge in [0.1, 0.15) is 11.6 Å². The van der Waals surface area contributed by atoms with Crippen molar-refractivity contribution >= 4 is 17.5 Å². The van der Waals surface area contributed by atoms with Crippen LogP contribution in [0.25, 0.3) is 0 Å². The van der Waals surface area contributed by atoms with E-state index in [1.54, 1.807) is 18.3 Å². The van der Waals surface area contributed by atoms with Gasteiger partial charge in [-0.25, -0.2) is 8.78 Å². The number of hydrogen-bond donors (Lipinski definition) is 3. The Morgan fingerprint density at radius 3 is 2.39 bits per heavy atom. The maximum absolute atomic E-state index is 13.7. The van der Waals surface area contributed by atoms with Crippen LogP contribution in [0.3, 0.4) is 0 Å². The normalized spacial score (nSPS) is 11.6. The zero-order valence-corrected chi connectivity index (χ0v) is 20.4. The molecule has 0 saturated heterocycles. The summed E-state index contributed by atoms with van der Waals surface area (Å²) < 4.78 is 27.4. The highest BCUT2D eigenvalue weighted by Gasteiger charge is 2.16. The number of rotatable bonds is 13. The molecule has 2 aromatic carbocycles. The Hall–Kier alpha value is -3.65. The number of pyridine rings is 1. The lowest BCUT2D eigenvalue weighted by Crippen LogP contribution is -2.39. The molecule has 0 radical (unpaired) electrons. The second-order valence-electron chi connectivity index (χ2n) is 8.68. The van der Waals surface area contributed by atoms with Gasteiger partial charge in [0.15, 0.2) is 0 Å². The number of nitrogens with zero attached hydrogens (tertiary/aromatic N) is 1. The van der Waals surface area contributed by atoms with Crippen LogP contribution in [-0.2, 0) is 29.0 Å². The molecule has 0 unspecified atom stereocenters. The average molecular weight is 495 g/mol. The highest BCUT2D eigenvalue weighted by Crippen LogP contribution is 2.12. The standard InChI is InChI=1S/C28H32F2N4O2/c1-2-20-5-3-6-21(13-20)18-32-12-10-25(16-22-14-23(29)17-24(30)15-22)33-27(35)8-9-28(36)34-26-7-4-11-31-19-26/h3-7,11,13-15,17,19,25,32H,2,8-10,12,16,18H2,1H3,(H,33,35)(H,34,36)/t25-/m1/s1. The molecule has 0 spiro atoms. The minimum atomic E-state index is -0.656. The van der Waals surface area contributed by atoms with Crippen LogP contribution in [-0.4, -0.2) is 29.4 Å². The molecule has 1 atom stereocenters. The first-order chi connectivity index (χ1) is 17.4. The number of carbonyl (C=O) groups is 2.